The zero-order chi connectivity index (χ0) is 11.4. The molecule has 0 aromatic heterocycles. The lowest BCUT2D eigenvalue weighted by atomic mass is 9.81. The number of hydrogen-bond acceptors (Lipinski definition) is 3. The number of fused-ring (bicyclic) bond motifs is 2. The minimum Gasteiger partial charge on any atom is -0.317 e. The molecule has 2 heterocycles. The Morgan fingerprint density at radius 1 is 1.25 bits per heavy atom. The van der Waals surface area contributed by atoms with Crippen LogP contribution in [-0.2, 0) is 0 Å². The lowest BCUT2D eigenvalue weighted by Gasteiger charge is -2.49. The summed E-state index contributed by atoms with van der Waals surface area (Å²) in [4.78, 5) is 2.83. The zero-order valence-corrected chi connectivity index (χ0v) is 11.6. The molecular formula is C13H26N2S. The topological polar surface area (TPSA) is 15.3 Å². The molecule has 0 amide bonds. The van der Waals surface area contributed by atoms with Gasteiger partial charge in [-0.3, -0.25) is 4.90 Å². The van der Waals surface area contributed by atoms with Gasteiger partial charge in [0.1, 0.15) is 0 Å². The average molecular weight is 242 g/mol. The summed E-state index contributed by atoms with van der Waals surface area (Å²) in [6.07, 6.45) is 10.7. The molecule has 0 radical (unpaired) electrons. The normalized spacial score (nSPS) is 35.2. The summed E-state index contributed by atoms with van der Waals surface area (Å²) in [6.45, 7) is 1.34. The average Bonchev–Trinajstić information content (AvgIpc) is 2.28. The Morgan fingerprint density at radius 2 is 1.94 bits per heavy atom. The van der Waals surface area contributed by atoms with E-state index in [-0.39, 0.29) is 0 Å². The van der Waals surface area contributed by atoms with Crippen LogP contribution in [0.3, 0.4) is 0 Å². The van der Waals surface area contributed by atoms with Gasteiger partial charge in [-0.25, -0.2) is 0 Å². The van der Waals surface area contributed by atoms with Crippen LogP contribution in [0.5, 0.6) is 0 Å². The van der Waals surface area contributed by atoms with Gasteiger partial charge in [0.05, 0.1) is 0 Å². The predicted molar refractivity (Wildman–Crippen MR) is 73.2 cm³/mol. The monoisotopic (exact) mass is 242 g/mol. The van der Waals surface area contributed by atoms with Crippen LogP contribution < -0.4 is 5.32 Å². The van der Waals surface area contributed by atoms with Crippen molar-refractivity contribution in [3.63, 3.8) is 0 Å². The van der Waals surface area contributed by atoms with E-state index in [1.165, 1.54) is 50.8 Å². The Balaban J connectivity index is 1.87. The van der Waals surface area contributed by atoms with Crippen molar-refractivity contribution < 1.29 is 0 Å². The van der Waals surface area contributed by atoms with Crippen LogP contribution in [0.25, 0.3) is 0 Å². The molecule has 2 unspecified atom stereocenters. The van der Waals surface area contributed by atoms with E-state index in [0.29, 0.717) is 0 Å². The van der Waals surface area contributed by atoms with Crippen LogP contribution in [0.15, 0.2) is 0 Å². The molecule has 94 valence electrons. The summed E-state index contributed by atoms with van der Waals surface area (Å²) in [5.74, 6) is 1.32. The van der Waals surface area contributed by atoms with Crippen LogP contribution in [0.2, 0.25) is 0 Å². The molecule has 2 fully saturated rings. The number of nitrogens with one attached hydrogen (secondary N) is 1. The molecule has 2 bridgehead atoms. The maximum atomic E-state index is 3.49. The molecule has 0 aromatic rings. The second kappa shape index (κ2) is 6.27. The Labute approximate surface area is 105 Å². The van der Waals surface area contributed by atoms with Crippen molar-refractivity contribution in [1.82, 2.24) is 10.2 Å². The third kappa shape index (κ3) is 2.93. The fraction of sp³-hybridized carbons (Fsp3) is 1.00. The van der Waals surface area contributed by atoms with Gasteiger partial charge in [0, 0.05) is 18.1 Å². The van der Waals surface area contributed by atoms with E-state index in [0.717, 1.165) is 18.1 Å². The molecule has 16 heavy (non-hydrogen) atoms. The van der Waals surface area contributed by atoms with Crippen molar-refractivity contribution in [1.29, 1.82) is 0 Å². The molecule has 2 rings (SSSR count). The van der Waals surface area contributed by atoms with E-state index >= 15 is 0 Å². The Morgan fingerprint density at radius 3 is 2.50 bits per heavy atom. The van der Waals surface area contributed by atoms with E-state index < -0.39 is 0 Å². The summed E-state index contributed by atoms with van der Waals surface area (Å²) >= 11 is 1.98. The first-order valence-corrected chi connectivity index (χ1v) is 8.16. The minimum absolute atomic E-state index is 0.784. The van der Waals surface area contributed by atoms with Crippen LogP contribution in [0.1, 0.15) is 38.5 Å². The zero-order valence-electron chi connectivity index (χ0n) is 10.7. The fourth-order valence-electron chi connectivity index (χ4n) is 3.47. The Kier molecular flexibility index (Phi) is 4.98. The molecule has 2 aliphatic heterocycles. The molecule has 0 aromatic carbocycles. The Hall–Kier alpha value is 0.270. The molecule has 2 nitrogen and oxygen atoms in total. The highest BCUT2D eigenvalue weighted by Crippen LogP contribution is 2.33. The second-order valence-electron chi connectivity index (χ2n) is 5.28. The first kappa shape index (κ1) is 12.7. The summed E-state index contributed by atoms with van der Waals surface area (Å²) in [6, 6.07) is 2.55. The number of rotatable bonds is 5. The number of thioether (sulfide) groups is 1. The van der Waals surface area contributed by atoms with Gasteiger partial charge < -0.3 is 5.32 Å². The highest BCUT2D eigenvalue weighted by atomic mass is 32.2. The van der Waals surface area contributed by atoms with E-state index in [9.17, 15) is 0 Å². The molecule has 0 spiro atoms. The van der Waals surface area contributed by atoms with E-state index in [4.69, 9.17) is 0 Å². The summed E-state index contributed by atoms with van der Waals surface area (Å²) in [5, 5.41) is 3.49. The highest BCUT2D eigenvalue weighted by molar-refractivity contribution is 7.98. The third-order valence-electron chi connectivity index (χ3n) is 4.30. The third-order valence-corrected chi connectivity index (χ3v) is 5.00. The molecule has 1 N–H and O–H groups in total. The second-order valence-corrected chi connectivity index (χ2v) is 6.27. The van der Waals surface area contributed by atoms with Crippen molar-refractivity contribution in [2.45, 2.75) is 56.7 Å². The van der Waals surface area contributed by atoms with Gasteiger partial charge in [-0.1, -0.05) is 6.42 Å². The lowest BCUT2D eigenvalue weighted by molar-refractivity contribution is 0.0265. The molecule has 2 saturated heterocycles. The Bertz CT molecular complexity index is 196. The molecule has 2 aliphatic rings. The quantitative estimate of drug-likeness (QED) is 0.745. The van der Waals surface area contributed by atoms with Crippen molar-refractivity contribution in [2.75, 3.05) is 25.6 Å². The van der Waals surface area contributed by atoms with Crippen molar-refractivity contribution in [3.8, 4) is 0 Å². The number of hydrogen-bond donors (Lipinski definition) is 1. The first-order chi connectivity index (χ1) is 7.85. The standard InChI is InChI=1S/C13H26N2S/c1-14-11-9-12-5-3-6-13(10-11)15(12)7-4-8-16-2/h11-14H,3-10H2,1-2H3. The molecule has 0 aliphatic carbocycles. The van der Waals surface area contributed by atoms with Crippen molar-refractivity contribution >= 4 is 11.8 Å². The van der Waals surface area contributed by atoms with Crippen LogP contribution in [-0.4, -0.2) is 48.6 Å². The lowest BCUT2D eigenvalue weighted by Crippen LogP contribution is -2.56. The smallest absolute Gasteiger partial charge is 0.0113 e. The fourth-order valence-corrected chi connectivity index (χ4v) is 3.89. The van der Waals surface area contributed by atoms with Crippen molar-refractivity contribution in [2.24, 2.45) is 0 Å². The largest absolute Gasteiger partial charge is 0.317 e. The maximum absolute atomic E-state index is 3.49. The van der Waals surface area contributed by atoms with Crippen LogP contribution in [0.4, 0.5) is 0 Å². The van der Waals surface area contributed by atoms with Gasteiger partial charge in [0.15, 0.2) is 0 Å². The summed E-state index contributed by atoms with van der Waals surface area (Å²) < 4.78 is 0. The van der Waals surface area contributed by atoms with E-state index in [1.807, 2.05) is 11.8 Å². The molecule has 3 heteroatoms. The van der Waals surface area contributed by atoms with Gasteiger partial charge in [-0.2, -0.15) is 11.8 Å². The van der Waals surface area contributed by atoms with E-state index in [2.05, 4.69) is 23.5 Å². The first-order valence-electron chi connectivity index (χ1n) is 6.77. The summed E-state index contributed by atoms with van der Waals surface area (Å²) in [5.41, 5.74) is 0. The van der Waals surface area contributed by atoms with E-state index in [1.54, 1.807) is 0 Å². The predicted octanol–water partition coefficient (Wildman–Crippen LogP) is 2.34. The summed E-state index contributed by atoms with van der Waals surface area (Å²) in [7, 11) is 2.13. The van der Waals surface area contributed by atoms with Crippen molar-refractivity contribution in [3.05, 3.63) is 0 Å². The van der Waals surface area contributed by atoms with Gasteiger partial charge >= 0.3 is 0 Å². The number of piperidine rings is 2. The van der Waals surface area contributed by atoms with Crippen LogP contribution in [0, 0.1) is 0 Å². The number of nitrogens with zero attached hydrogens (tertiary/aromatic N) is 1. The molecule has 2 atom stereocenters. The van der Waals surface area contributed by atoms with Gasteiger partial charge in [-0.05, 0) is 57.7 Å². The minimum atomic E-state index is 0.784. The maximum Gasteiger partial charge on any atom is 0.0113 e. The molecular weight excluding hydrogens is 216 g/mol. The SMILES string of the molecule is CNC1CC2CCCC(C1)N2CCCSC. The molecule has 0 saturated carbocycles. The van der Waals surface area contributed by atoms with Gasteiger partial charge in [0.25, 0.3) is 0 Å². The van der Waals surface area contributed by atoms with Gasteiger partial charge in [0.2, 0.25) is 0 Å². The van der Waals surface area contributed by atoms with Gasteiger partial charge in [-0.15, -0.1) is 0 Å². The van der Waals surface area contributed by atoms with Crippen LogP contribution >= 0.6 is 11.8 Å². The highest BCUT2D eigenvalue weighted by Gasteiger charge is 2.36.